The highest BCUT2D eigenvalue weighted by molar-refractivity contribution is 6.28. The minimum absolute atomic E-state index is 0.417. The molecule has 0 fully saturated rings. The lowest BCUT2D eigenvalue weighted by Gasteiger charge is -2.15. The van der Waals surface area contributed by atoms with Gasteiger partial charge in [-0.15, -0.1) is 0 Å². The van der Waals surface area contributed by atoms with Gasteiger partial charge < -0.3 is 5.73 Å². The number of hydrogen-bond donors (Lipinski definition) is 1. The molecule has 0 amide bonds. The van der Waals surface area contributed by atoms with Crippen molar-refractivity contribution in [2.75, 3.05) is 0 Å². The molecule has 0 radical (unpaired) electrons. The van der Waals surface area contributed by atoms with Crippen LogP contribution in [-0.4, -0.2) is 0 Å². The summed E-state index contributed by atoms with van der Waals surface area (Å²) in [5.41, 5.74) is 5.31. The molecule has 0 saturated carbocycles. The van der Waals surface area contributed by atoms with Gasteiger partial charge in [-0.05, 0) is 24.3 Å². The minimum atomic E-state index is 0.417. The fraction of sp³-hybridized carbons (Fsp3) is 0.778. The summed E-state index contributed by atoms with van der Waals surface area (Å²) < 4.78 is 0. The minimum Gasteiger partial charge on any atom is -0.390 e. The smallest absolute Gasteiger partial charge is 0.0951 e. The summed E-state index contributed by atoms with van der Waals surface area (Å²) in [6.45, 7) is 6.68. The molecule has 0 rings (SSSR count). The molecule has 66 valence electrons. The van der Waals surface area contributed by atoms with Crippen LogP contribution in [0.2, 0.25) is 0 Å². The fourth-order valence-corrected chi connectivity index (χ4v) is 1.02. The Morgan fingerprint density at radius 3 is 2.36 bits per heavy atom. The van der Waals surface area contributed by atoms with Crippen LogP contribution in [0.15, 0.2) is 11.2 Å². The van der Waals surface area contributed by atoms with Crippen molar-refractivity contribution in [1.29, 1.82) is 0 Å². The number of nitrogens with two attached hydrogens (primary N) is 1. The number of allylic oxidation sites excluding steroid dienone is 1. The zero-order valence-electron chi connectivity index (χ0n) is 7.60. The van der Waals surface area contributed by atoms with Crippen molar-refractivity contribution >= 4 is 11.6 Å². The van der Waals surface area contributed by atoms with E-state index in [1.54, 1.807) is 0 Å². The molecule has 0 aliphatic carbocycles. The molecule has 0 spiro atoms. The van der Waals surface area contributed by atoms with Crippen LogP contribution in [0, 0.1) is 11.8 Å². The first-order valence-electron chi connectivity index (χ1n) is 4.19. The van der Waals surface area contributed by atoms with Gasteiger partial charge in [0, 0.05) is 0 Å². The van der Waals surface area contributed by atoms with Crippen molar-refractivity contribution < 1.29 is 0 Å². The Balaban J connectivity index is 3.68. The Labute approximate surface area is 74.6 Å². The maximum atomic E-state index is 5.51. The molecule has 2 atom stereocenters. The van der Waals surface area contributed by atoms with Crippen LogP contribution >= 0.6 is 11.6 Å². The Morgan fingerprint density at radius 1 is 1.45 bits per heavy atom. The maximum absolute atomic E-state index is 5.51. The summed E-state index contributed by atoms with van der Waals surface area (Å²) >= 11 is 5.51. The third kappa shape index (κ3) is 5.14. The first kappa shape index (κ1) is 10.8. The van der Waals surface area contributed by atoms with E-state index >= 15 is 0 Å². The lowest BCUT2D eigenvalue weighted by molar-refractivity contribution is 0.380. The first-order valence-corrected chi connectivity index (χ1v) is 4.56. The summed E-state index contributed by atoms with van der Waals surface area (Å²) in [6, 6.07) is 0. The van der Waals surface area contributed by atoms with Gasteiger partial charge in [-0.1, -0.05) is 38.8 Å². The van der Waals surface area contributed by atoms with E-state index in [1.165, 1.54) is 6.42 Å². The Morgan fingerprint density at radius 2 is 2.00 bits per heavy atom. The van der Waals surface area contributed by atoms with Crippen LogP contribution in [-0.2, 0) is 0 Å². The van der Waals surface area contributed by atoms with Gasteiger partial charge in [0.2, 0.25) is 0 Å². The average molecular weight is 176 g/mol. The van der Waals surface area contributed by atoms with Crippen LogP contribution in [0.4, 0.5) is 0 Å². The summed E-state index contributed by atoms with van der Waals surface area (Å²) in [5.74, 6) is 1.43. The van der Waals surface area contributed by atoms with Gasteiger partial charge in [0.1, 0.15) is 0 Å². The number of halogens is 1. The van der Waals surface area contributed by atoms with Crippen molar-refractivity contribution in [3.63, 3.8) is 0 Å². The molecule has 0 aromatic heterocycles. The second kappa shape index (κ2) is 5.48. The molecule has 1 unspecified atom stereocenters. The second-order valence-corrected chi connectivity index (χ2v) is 3.62. The van der Waals surface area contributed by atoms with E-state index < -0.39 is 0 Å². The van der Waals surface area contributed by atoms with E-state index in [0.717, 1.165) is 12.3 Å². The number of hydrogen-bond acceptors (Lipinski definition) is 1. The molecule has 0 heterocycles. The van der Waals surface area contributed by atoms with E-state index in [1.807, 2.05) is 6.08 Å². The van der Waals surface area contributed by atoms with Crippen molar-refractivity contribution in [3.05, 3.63) is 11.2 Å². The van der Waals surface area contributed by atoms with Crippen LogP contribution in [0.1, 0.15) is 33.6 Å². The summed E-state index contributed by atoms with van der Waals surface area (Å²) in [6.07, 6.45) is 4.10. The molecule has 0 aromatic rings. The zero-order valence-corrected chi connectivity index (χ0v) is 8.36. The Kier molecular flexibility index (Phi) is 5.39. The van der Waals surface area contributed by atoms with E-state index in [9.17, 15) is 0 Å². The molecular weight excluding hydrogens is 158 g/mol. The highest BCUT2D eigenvalue weighted by Crippen LogP contribution is 2.18. The van der Waals surface area contributed by atoms with E-state index in [-0.39, 0.29) is 0 Å². The van der Waals surface area contributed by atoms with Crippen LogP contribution in [0.5, 0.6) is 0 Å². The molecule has 2 N–H and O–H groups in total. The van der Waals surface area contributed by atoms with Gasteiger partial charge in [0.05, 0.1) is 5.16 Å². The molecular formula is C9H18ClN. The molecule has 2 heteroatoms. The zero-order chi connectivity index (χ0) is 8.85. The van der Waals surface area contributed by atoms with Crippen molar-refractivity contribution in [3.8, 4) is 0 Å². The van der Waals surface area contributed by atoms with Crippen LogP contribution < -0.4 is 5.73 Å². The lowest BCUT2D eigenvalue weighted by Crippen LogP contribution is -2.05. The van der Waals surface area contributed by atoms with Gasteiger partial charge in [0.15, 0.2) is 0 Å². The van der Waals surface area contributed by atoms with Crippen molar-refractivity contribution in [2.45, 2.75) is 33.6 Å². The molecule has 11 heavy (non-hydrogen) atoms. The lowest BCUT2D eigenvalue weighted by atomic mass is 9.91. The van der Waals surface area contributed by atoms with Gasteiger partial charge in [-0.2, -0.15) is 0 Å². The van der Waals surface area contributed by atoms with Crippen molar-refractivity contribution in [1.82, 2.24) is 0 Å². The normalized spacial score (nSPS) is 18.0. The molecule has 1 nitrogen and oxygen atoms in total. The monoisotopic (exact) mass is 175 g/mol. The predicted octanol–water partition coefficient (Wildman–Crippen LogP) is 3.10. The molecule has 0 saturated heterocycles. The van der Waals surface area contributed by atoms with Crippen LogP contribution in [0.25, 0.3) is 0 Å². The second-order valence-electron chi connectivity index (χ2n) is 3.19. The highest BCUT2D eigenvalue weighted by atomic mass is 35.5. The standard InChI is InChI=1S/C9H18ClN/c1-4-7(2)8(3)5-6-9(10)11/h6-8H,4-5,11H2,1-3H3/b9-6-/t7-,8?/m0/s1. The van der Waals surface area contributed by atoms with E-state index in [2.05, 4.69) is 20.8 Å². The molecule has 0 aromatic carbocycles. The SMILES string of the molecule is CC[C@H](C)C(C)C/C=C(\N)Cl. The summed E-state index contributed by atoms with van der Waals surface area (Å²) in [7, 11) is 0. The van der Waals surface area contributed by atoms with Gasteiger partial charge in [-0.3, -0.25) is 0 Å². The average Bonchev–Trinajstić information content (AvgIpc) is 1.98. The van der Waals surface area contributed by atoms with Gasteiger partial charge in [0.25, 0.3) is 0 Å². The third-order valence-electron chi connectivity index (χ3n) is 2.30. The maximum Gasteiger partial charge on any atom is 0.0951 e. The predicted molar refractivity (Wildman–Crippen MR) is 51.4 cm³/mol. The molecule has 0 bridgehead atoms. The summed E-state index contributed by atoms with van der Waals surface area (Å²) in [5, 5.41) is 0.417. The Bertz CT molecular complexity index is 128. The van der Waals surface area contributed by atoms with Crippen molar-refractivity contribution in [2.24, 2.45) is 17.6 Å². The Hall–Kier alpha value is -0.170. The fourth-order valence-electron chi connectivity index (χ4n) is 0.933. The molecule has 0 aliphatic heterocycles. The molecule has 0 aliphatic rings. The highest BCUT2D eigenvalue weighted by Gasteiger charge is 2.07. The van der Waals surface area contributed by atoms with E-state index in [4.69, 9.17) is 17.3 Å². The van der Waals surface area contributed by atoms with Gasteiger partial charge >= 0.3 is 0 Å². The van der Waals surface area contributed by atoms with E-state index in [0.29, 0.717) is 11.1 Å². The first-order chi connectivity index (χ1) is 5.07. The largest absolute Gasteiger partial charge is 0.390 e. The van der Waals surface area contributed by atoms with Crippen LogP contribution in [0.3, 0.4) is 0 Å². The number of rotatable bonds is 4. The van der Waals surface area contributed by atoms with Gasteiger partial charge in [-0.25, -0.2) is 0 Å². The third-order valence-corrected chi connectivity index (χ3v) is 2.45. The quantitative estimate of drug-likeness (QED) is 0.653. The topological polar surface area (TPSA) is 26.0 Å². The summed E-state index contributed by atoms with van der Waals surface area (Å²) in [4.78, 5) is 0.